The largest absolute Gasteiger partial charge is 0.397 e. The van der Waals surface area contributed by atoms with Crippen molar-refractivity contribution in [2.75, 3.05) is 6.61 Å². The Labute approximate surface area is 176 Å². The van der Waals surface area contributed by atoms with Crippen LogP contribution in [0.15, 0.2) is 0 Å². The molecule has 0 spiro atoms. The molecular weight excluding hydrogens is 372 g/mol. The third kappa shape index (κ3) is 23.9. The molecule has 170 valence electrons. The smallest absolute Gasteiger partial charge is 0.264 e. The van der Waals surface area contributed by atoms with Gasteiger partial charge < -0.3 is 0 Å². The summed E-state index contributed by atoms with van der Waals surface area (Å²) in [6.45, 7) is 4.76. The first-order valence-corrected chi connectivity index (χ1v) is 13.4. The van der Waals surface area contributed by atoms with Gasteiger partial charge in [0, 0.05) is 0 Å². The summed E-state index contributed by atoms with van der Waals surface area (Å²) < 4.78 is 33.5. The van der Waals surface area contributed by atoms with Gasteiger partial charge in [-0.05, 0) is 12.3 Å². The van der Waals surface area contributed by atoms with Crippen molar-refractivity contribution in [3.05, 3.63) is 0 Å². The molecule has 0 saturated heterocycles. The monoisotopic (exact) mass is 420 g/mol. The van der Waals surface area contributed by atoms with Crippen molar-refractivity contribution < 1.29 is 17.2 Å². The van der Waals surface area contributed by atoms with Crippen molar-refractivity contribution >= 4 is 10.4 Å². The molecule has 0 bridgehead atoms. The molecule has 0 saturated carbocycles. The van der Waals surface area contributed by atoms with Crippen LogP contribution in [-0.4, -0.2) is 19.6 Å². The van der Waals surface area contributed by atoms with Crippen LogP contribution in [0.25, 0.3) is 0 Å². The van der Waals surface area contributed by atoms with E-state index in [9.17, 15) is 8.42 Å². The average Bonchev–Trinajstić information content (AvgIpc) is 2.65. The maximum absolute atomic E-state index is 10.4. The lowest BCUT2D eigenvalue weighted by Crippen LogP contribution is -2.04. The van der Waals surface area contributed by atoms with Crippen LogP contribution in [-0.2, 0) is 14.6 Å². The highest BCUT2D eigenvalue weighted by molar-refractivity contribution is 7.80. The van der Waals surface area contributed by atoms with E-state index < -0.39 is 10.4 Å². The van der Waals surface area contributed by atoms with Gasteiger partial charge in [0.1, 0.15) is 0 Å². The Morgan fingerprint density at radius 2 is 0.964 bits per heavy atom. The lowest BCUT2D eigenvalue weighted by atomic mass is 9.99. The third-order valence-corrected chi connectivity index (χ3v) is 6.23. The second-order valence-electron chi connectivity index (χ2n) is 8.56. The number of hydrogen-bond donors (Lipinski definition) is 1. The van der Waals surface area contributed by atoms with E-state index in [0.717, 1.165) is 18.8 Å². The van der Waals surface area contributed by atoms with Crippen LogP contribution in [0.2, 0.25) is 0 Å². The maximum atomic E-state index is 10.4. The van der Waals surface area contributed by atoms with E-state index in [2.05, 4.69) is 18.0 Å². The number of hydrogen-bond acceptors (Lipinski definition) is 3. The van der Waals surface area contributed by atoms with Crippen LogP contribution >= 0.6 is 0 Å². The Kier molecular flexibility index (Phi) is 20.1. The van der Waals surface area contributed by atoms with E-state index in [0.29, 0.717) is 6.42 Å². The highest BCUT2D eigenvalue weighted by Crippen LogP contribution is 2.16. The topological polar surface area (TPSA) is 63.6 Å². The van der Waals surface area contributed by atoms with Gasteiger partial charge in [0.25, 0.3) is 0 Å². The maximum Gasteiger partial charge on any atom is 0.397 e. The molecule has 0 fully saturated rings. The van der Waals surface area contributed by atoms with Gasteiger partial charge in [0.2, 0.25) is 0 Å². The number of unbranched alkanes of at least 4 members (excludes halogenated alkanes) is 16. The minimum absolute atomic E-state index is 0.0943. The molecule has 0 radical (unpaired) electrons. The highest BCUT2D eigenvalue weighted by atomic mass is 32.3. The standard InChI is InChI=1S/C23H48O4S/c1-3-23(2)21-19-17-15-13-11-9-7-5-4-6-8-10-12-14-16-18-20-22-27-28(24,25)26/h23H,3-22H2,1-2H3,(H,24,25,26). The van der Waals surface area contributed by atoms with Gasteiger partial charge in [-0.2, -0.15) is 8.42 Å². The van der Waals surface area contributed by atoms with Gasteiger partial charge in [-0.1, -0.05) is 129 Å². The zero-order chi connectivity index (χ0) is 20.9. The summed E-state index contributed by atoms with van der Waals surface area (Å²) in [5, 5.41) is 0. The molecule has 0 aliphatic rings. The van der Waals surface area contributed by atoms with E-state index in [1.54, 1.807) is 0 Å². The summed E-state index contributed by atoms with van der Waals surface area (Å²) in [6, 6.07) is 0. The first-order valence-electron chi connectivity index (χ1n) is 12.1. The first-order chi connectivity index (χ1) is 13.5. The molecule has 0 aromatic heterocycles. The number of rotatable bonds is 22. The van der Waals surface area contributed by atoms with Crippen LogP contribution < -0.4 is 0 Å². The fraction of sp³-hybridized carbons (Fsp3) is 1.00. The van der Waals surface area contributed by atoms with Crippen molar-refractivity contribution in [2.24, 2.45) is 5.92 Å². The normalized spacial score (nSPS) is 13.1. The Morgan fingerprint density at radius 1 is 0.643 bits per heavy atom. The van der Waals surface area contributed by atoms with Crippen molar-refractivity contribution in [3.63, 3.8) is 0 Å². The van der Waals surface area contributed by atoms with Crippen molar-refractivity contribution in [1.82, 2.24) is 0 Å². The Morgan fingerprint density at radius 3 is 1.29 bits per heavy atom. The summed E-state index contributed by atoms with van der Waals surface area (Å²) in [7, 11) is -4.25. The molecule has 0 aliphatic heterocycles. The summed E-state index contributed by atoms with van der Waals surface area (Å²) in [6.07, 6.45) is 24.8. The quantitative estimate of drug-likeness (QED) is 0.143. The lowest BCUT2D eigenvalue weighted by Gasteiger charge is -2.07. The molecule has 1 atom stereocenters. The molecule has 5 heteroatoms. The van der Waals surface area contributed by atoms with Crippen LogP contribution in [0.4, 0.5) is 0 Å². The summed E-state index contributed by atoms with van der Waals surface area (Å²) in [5.41, 5.74) is 0. The molecule has 4 nitrogen and oxygen atoms in total. The van der Waals surface area contributed by atoms with Gasteiger partial charge in [0.15, 0.2) is 0 Å². The Balaban J connectivity index is 3.07. The van der Waals surface area contributed by atoms with Gasteiger partial charge in [-0.25, -0.2) is 4.18 Å². The van der Waals surface area contributed by atoms with Gasteiger partial charge >= 0.3 is 10.4 Å². The zero-order valence-electron chi connectivity index (χ0n) is 18.8. The molecular formula is C23H48O4S. The molecule has 0 amide bonds. The van der Waals surface area contributed by atoms with E-state index >= 15 is 0 Å². The second-order valence-corrected chi connectivity index (χ2v) is 9.65. The first kappa shape index (κ1) is 27.9. The molecule has 1 N–H and O–H groups in total. The fourth-order valence-corrected chi connectivity index (χ4v) is 3.94. The minimum atomic E-state index is -4.25. The van der Waals surface area contributed by atoms with E-state index in [-0.39, 0.29) is 6.61 Å². The average molecular weight is 421 g/mol. The van der Waals surface area contributed by atoms with Crippen molar-refractivity contribution in [3.8, 4) is 0 Å². The molecule has 0 aromatic rings. The summed E-state index contributed by atoms with van der Waals surface area (Å²) >= 11 is 0. The Bertz CT molecular complexity index is 409. The summed E-state index contributed by atoms with van der Waals surface area (Å²) in [4.78, 5) is 0. The van der Waals surface area contributed by atoms with E-state index in [1.165, 1.54) is 103 Å². The van der Waals surface area contributed by atoms with Gasteiger partial charge in [-0.15, -0.1) is 0 Å². The van der Waals surface area contributed by atoms with Gasteiger partial charge in [0.05, 0.1) is 6.61 Å². The van der Waals surface area contributed by atoms with E-state index in [4.69, 9.17) is 4.55 Å². The highest BCUT2D eigenvalue weighted by Gasteiger charge is 2.02. The molecule has 0 aliphatic carbocycles. The molecule has 1 unspecified atom stereocenters. The lowest BCUT2D eigenvalue weighted by molar-refractivity contribution is 0.261. The van der Waals surface area contributed by atoms with Crippen LogP contribution in [0.1, 0.15) is 136 Å². The van der Waals surface area contributed by atoms with Crippen molar-refractivity contribution in [2.45, 2.75) is 136 Å². The SMILES string of the molecule is CCC(C)CCCCCCCCCCCCCCCCCCCOS(=O)(=O)O. The molecule has 0 rings (SSSR count). The predicted octanol–water partition coefficient (Wildman–Crippen LogP) is 7.87. The van der Waals surface area contributed by atoms with Crippen molar-refractivity contribution in [1.29, 1.82) is 0 Å². The Hall–Kier alpha value is -0.130. The molecule has 0 aromatic carbocycles. The van der Waals surface area contributed by atoms with Crippen LogP contribution in [0, 0.1) is 5.92 Å². The minimum Gasteiger partial charge on any atom is -0.264 e. The van der Waals surface area contributed by atoms with Crippen LogP contribution in [0.5, 0.6) is 0 Å². The second kappa shape index (κ2) is 20.2. The molecule has 0 heterocycles. The van der Waals surface area contributed by atoms with Crippen LogP contribution in [0.3, 0.4) is 0 Å². The van der Waals surface area contributed by atoms with E-state index in [1.807, 2.05) is 0 Å². The van der Waals surface area contributed by atoms with Gasteiger partial charge in [-0.3, -0.25) is 4.55 Å². The molecule has 28 heavy (non-hydrogen) atoms. The predicted molar refractivity (Wildman–Crippen MR) is 120 cm³/mol. The fourth-order valence-electron chi connectivity index (χ4n) is 3.61. The third-order valence-electron chi connectivity index (χ3n) is 5.77. The summed E-state index contributed by atoms with van der Waals surface area (Å²) in [5.74, 6) is 0.917. The zero-order valence-corrected chi connectivity index (χ0v) is 19.6.